The van der Waals surface area contributed by atoms with Crippen LogP contribution in [-0.2, 0) is 0 Å². The van der Waals surface area contributed by atoms with Crippen LogP contribution in [0.2, 0.25) is 0 Å². The molecule has 15 heavy (non-hydrogen) atoms. The van der Waals surface area contributed by atoms with E-state index < -0.39 is 0 Å². The zero-order chi connectivity index (χ0) is 11.1. The lowest BCUT2D eigenvalue weighted by Crippen LogP contribution is -2.48. The number of aliphatic hydroxyl groups is 1. The number of hydrogen-bond acceptors (Lipinski definition) is 3. The standard InChI is InChI=1S/C12H26N2O/c1-3-6-12(2,10-15)14-9-11-4-7-13-8-5-11/h11,13-15H,3-10H2,1-2H3. The van der Waals surface area contributed by atoms with E-state index in [4.69, 9.17) is 0 Å². The normalized spacial score (nSPS) is 22.6. The van der Waals surface area contributed by atoms with E-state index in [0.29, 0.717) is 0 Å². The molecule has 3 heteroatoms. The highest BCUT2D eigenvalue weighted by Crippen LogP contribution is 2.15. The Morgan fingerprint density at radius 3 is 2.60 bits per heavy atom. The predicted molar refractivity (Wildman–Crippen MR) is 64.0 cm³/mol. The Morgan fingerprint density at radius 1 is 1.40 bits per heavy atom. The first kappa shape index (κ1) is 12.9. The SMILES string of the molecule is CCCC(C)(CO)NCC1CCNCC1. The van der Waals surface area contributed by atoms with Crippen molar-refractivity contribution in [1.29, 1.82) is 0 Å². The van der Waals surface area contributed by atoms with Gasteiger partial charge in [0.25, 0.3) is 0 Å². The lowest BCUT2D eigenvalue weighted by molar-refractivity contribution is 0.155. The van der Waals surface area contributed by atoms with Crippen molar-refractivity contribution in [2.75, 3.05) is 26.2 Å². The molecule has 1 unspecified atom stereocenters. The van der Waals surface area contributed by atoms with Crippen molar-refractivity contribution < 1.29 is 5.11 Å². The van der Waals surface area contributed by atoms with Gasteiger partial charge in [-0.15, -0.1) is 0 Å². The molecule has 0 radical (unpaired) electrons. The van der Waals surface area contributed by atoms with E-state index in [1.807, 2.05) is 0 Å². The Labute approximate surface area is 93.6 Å². The van der Waals surface area contributed by atoms with Crippen molar-refractivity contribution in [1.82, 2.24) is 10.6 Å². The van der Waals surface area contributed by atoms with E-state index in [0.717, 1.165) is 38.4 Å². The molecule has 0 aromatic rings. The van der Waals surface area contributed by atoms with Crippen molar-refractivity contribution in [3.63, 3.8) is 0 Å². The Balaban J connectivity index is 2.25. The largest absolute Gasteiger partial charge is 0.394 e. The third-order valence-electron chi connectivity index (χ3n) is 3.43. The molecular formula is C12H26N2O. The van der Waals surface area contributed by atoms with Crippen molar-refractivity contribution in [2.24, 2.45) is 5.92 Å². The van der Waals surface area contributed by atoms with Gasteiger partial charge in [-0.2, -0.15) is 0 Å². The van der Waals surface area contributed by atoms with Gasteiger partial charge in [-0.3, -0.25) is 0 Å². The molecule has 0 aliphatic carbocycles. The van der Waals surface area contributed by atoms with Gasteiger partial charge < -0.3 is 15.7 Å². The summed E-state index contributed by atoms with van der Waals surface area (Å²) in [6, 6.07) is 0. The van der Waals surface area contributed by atoms with Gasteiger partial charge in [0.2, 0.25) is 0 Å². The van der Waals surface area contributed by atoms with Crippen molar-refractivity contribution in [3.05, 3.63) is 0 Å². The second kappa shape index (κ2) is 6.46. The van der Waals surface area contributed by atoms with E-state index in [-0.39, 0.29) is 12.1 Å². The molecule has 1 heterocycles. The lowest BCUT2D eigenvalue weighted by atomic mass is 9.93. The van der Waals surface area contributed by atoms with Crippen LogP contribution < -0.4 is 10.6 Å². The highest BCUT2D eigenvalue weighted by atomic mass is 16.3. The summed E-state index contributed by atoms with van der Waals surface area (Å²) in [6.45, 7) is 7.88. The minimum absolute atomic E-state index is 0.0698. The van der Waals surface area contributed by atoms with E-state index in [1.165, 1.54) is 12.8 Å². The maximum atomic E-state index is 9.37. The molecule has 1 atom stereocenters. The highest BCUT2D eigenvalue weighted by Gasteiger charge is 2.23. The summed E-state index contributed by atoms with van der Waals surface area (Å²) in [5.74, 6) is 0.786. The Kier molecular flexibility index (Phi) is 5.58. The Bertz CT molecular complexity index is 169. The van der Waals surface area contributed by atoms with Crippen LogP contribution in [0.25, 0.3) is 0 Å². The molecule has 0 spiro atoms. The topological polar surface area (TPSA) is 44.3 Å². The average molecular weight is 214 g/mol. The number of aliphatic hydroxyl groups excluding tert-OH is 1. The van der Waals surface area contributed by atoms with Crippen molar-refractivity contribution in [2.45, 2.75) is 45.1 Å². The smallest absolute Gasteiger partial charge is 0.0610 e. The van der Waals surface area contributed by atoms with Crippen LogP contribution in [0.3, 0.4) is 0 Å². The van der Waals surface area contributed by atoms with Crippen LogP contribution in [0.5, 0.6) is 0 Å². The highest BCUT2D eigenvalue weighted by molar-refractivity contribution is 4.83. The molecular weight excluding hydrogens is 188 g/mol. The van der Waals surface area contributed by atoms with Gasteiger partial charge in [0, 0.05) is 5.54 Å². The van der Waals surface area contributed by atoms with Crippen LogP contribution in [0, 0.1) is 5.92 Å². The minimum atomic E-state index is -0.0698. The quantitative estimate of drug-likeness (QED) is 0.621. The van der Waals surface area contributed by atoms with Crippen LogP contribution >= 0.6 is 0 Å². The maximum Gasteiger partial charge on any atom is 0.0610 e. The van der Waals surface area contributed by atoms with Gasteiger partial charge in [-0.05, 0) is 51.7 Å². The van der Waals surface area contributed by atoms with Gasteiger partial charge in [0.05, 0.1) is 6.61 Å². The molecule has 1 aliphatic rings. The third-order valence-corrected chi connectivity index (χ3v) is 3.43. The summed E-state index contributed by atoms with van der Waals surface area (Å²) in [7, 11) is 0. The molecule has 1 saturated heterocycles. The van der Waals surface area contributed by atoms with Gasteiger partial charge in [0.1, 0.15) is 0 Å². The fourth-order valence-electron chi connectivity index (χ4n) is 2.25. The Morgan fingerprint density at radius 2 is 2.07 bits per heavy atom. The second-order valence-corrected chi connectivity index (χ2v) is 5.04. The van der Waals surface area contributed by atoms with Crippen LogP contribution in [0.4, 0.5) is 0 Å². The molecule has 1 aliphatic heterocycles. The van der Waals surface area contributed by atoms with E-state index in [1.54, 1.807) is 0 Å². The minimum Gasteiger partial charge on any atom is -0.394 e. The number of nitrogens with one attached hydrogen (secondary N) is 2. The first-order valence-corrected chi connectivity index (χ1v) is 6.27. The van der Waals surface area contributed by atoms with E-state index >= 15 is 0 Å². The fraction of sp³-hybridized carbons (Fsp3) is 1.00. The van der Waals surface area contributed by atoms with Gasteiger partial charge in [0.15, 0.2) is 0 Å². The van der Waals surface area contributed by atoms with Crippen molar-refractivity contribution >= 4 is 0 Å². The monoisotopic (exact) mass is 214 g/mol. The predicted octanol–water partition coefficient (Wildman–Crippen LogP) is 1.13. The average Bonchev–Trinajstić information content (AvgIpc) is 2.28. The summed E-state index contributed by atoms with van der Waals surface area (Å²) in [6.07, 6.45) is 4.70. The van der Waals surface area contributed by atoms with Gasteiger partial charge in [-0.1, -0.05) is 13.3 Å². The molecule has 3 nitrogen and oxygen atoms in total. The first-order chi connectivity index (χ1) is 7.20. The van der Waals surface area contributed by atoms with Crippen LogP contribution in [0.15, 0.2) is 0 Å². The van der Waals surface area contributed by atoms with Gasteiger partial charge >= 0.3 is 0 Å². The van der Waals surface area contributed by atoms with E-state index in [9.17, 15) is 5.11 Å². The molecule has 0 aromatic heterocycles. The zero-order valence-electron chi connectivity index (χ0n) is 10.2. The number of piperidine rings is 1. The molecule has 3 N–H and O–H groups in total. The molecule has 0 saturated carbocycles. The molecule has 1 rings (SSSR count). The van der Waals surface area contributed by atoms with E-state index in [2.05, 4.69) is 24.5 Å². The molecule has 0 bridgehead atoms. The molecule has 0 aromatic carbocycles. The van der Waals surface area contributed by atoms with Gasteiger partial charge in [-0.25, -0.2) is 0 Å². The summed E-state index contributed by atoms with van der Waals surface area (Å²) in [5.41, 5.74) is -0.0698. The lowest BCUT2D eigenvalue weighted by Gasteiger charge is -2.32. The summed E-state index contributed by atoms with van der Waals surface area (Å²) < 4.78 is 0. The third kappa shape index (κ3) is 4.49. The first-order valence-electron chi connectivity index (χ1n) is 6.27. The maximum absolute atomic E-state index is 9.37. The summed E-state index contributed by atoms with van der Waals surface area (Å²) in [5, 5.41) is 16.3. The molecule has 0 amide bonds. The van der Waals surface area contributed by atoms with Crippen LogP contribution in [0.1, 0.15) is 39.5 Å². The summed E-state index contributed by atoms with van der Waals surface area (Å²) in [4.78, 5) is 0. The number of hydrogen-bond donors (Lipinski definition) is 3. The molecule has 1 fully saturated rings. The Hall–Kier alpha value is -0.120. The van der Waals surface area contributed by atoms with Crippen molar-refractivity contribution in [3.8, 4) is 0 Å². The summed E-state index contributed by atoms with van der Waals surface area (Å²) >= 11 is 0. The number of rotatable bonds is 6. The second-order valence-electron chi connectivity index (χ2n) is 5.04. The fourth-order valence-corrected chi connectivity index (χ4v) is 2.25. The molecule has 90 valence electrons. The zero-order valence-corrected chi connectivity index (χ0v) is 10.2. The van der Waals surface area contributed by atoms with Crippen LogP contribution in [-0.4, -0.2) is 36.9 Å².